The van der Waals surface area contributed by atoms with Crippen molar-refractivity contribution in [2.24, 2.45) is 0 Å². The molecule has 2 rings (SSSR count). The van der Waals surface area contributed by atoms with Crippen molar-refractivity contribution in [2.45, 2.75) is 6.54 Å². The molecule has 0 bridgehead atoms. The standard InChI is InChI=1S/C15H14N2O3/c1-4-9-17-13(15(19)16(2)20-3)10-11-7-5-6-8-12(11)14(17)18/h1,5-8,10H,9H2,2-3H3. The van der Waals surface area contributed by atoms with Crippen LogP contribution in [0.4, 0.5) is 0 Å². The molecule has 1 aromatic carbocycles. The Morgan fingerprint density at radius 2 is 2.15 bits per heavy atom. The summed E-state index contributed by atoms with van der Waals surface area (Å²) in [5.74, 6) is 1.97. The van der Waals surface area contributed by atoms with Gasteiger partial charge >= 0.3 is 0 Å². The Bertz CT molecular complexity index is 756. The van der Waals surface area contributed by atoms with Crippen LogP contribution in [0.25, 0.3) is 10.8 Å². The number of hydroxylamine groups is 2. The number of nitrogens with zero attached hydrogens (tertiary/aromatic N) is 2. The van der Waals surface area contributed by atoms with Crippen molar-refractivity contribution in [2.75, 3.05) is 14.2 Å². The molecule has 1 aromatic heterocycles. The zero-order chi connectivity index (χ0) is 14.7. The Hall–Kier alpha value is -2.58. The van der Waals surface area contributed by atoms with E-state index in [1.54, 1.807) is 24.3 Å². The molecule has 0 unspecified atom stereocenters. The van der Waals surface area contributed by atoms with Gasteiger partial charge in [-0.2, -0.15) is 0 Å². The summed E-state index contributed by atoms with van der Waals surface area (Å²) in [6, 6.07) is 8.71. The minimum Gasteiger partial charge on any atom is -0.291 e. The lowest BCUT2D eigenvalue weighted by molar-refractivity contribution is -0.0763. The normalized spacial score (nSPS) is 10.2. The van der Waals surface area contributed by atoms with Crippen molar-refractivity contribution in [3.63, 3.8) is 0 Å². The topological polar surface area (TPSA) is 51.5 Å². The highest BCUT2D eigenvalue weighted by molar-refractivity contribution is 5.96. The van der Waals surface area contributed by atoms with E-state index in [-0.39, 0.29) is 17.8 Å². The van der Waals surface area contributed by atoms with Crippen LogP contribution in [-0.2, 0) is 11.4 Å². The smallest absolute Gasteiger partial charge is 0.291 e. The Morgan fingerprint density at radius 1 is 1.45 bits per heavy atom. The van der Waals surface area contributed by atoms with E-state index in [4.69, 9.17) is 11.3 Å². The van der Waals surface area contributed by atoms with Crippen LogP contribution in [0, 0.1) is 12.3 Å². The van der Waals surface area contributed by atoms with Crippen molar-refractivity contribution >= 4 is 16.7 Å². The van der Waals surface area contributed by atoms with Crippen molar-refractivity contribution in [1.82, 2.24) is 9.63 Å². The van der Waals surface area contributed by atoms with E-state index in [1.807, 2.05) is 6.07 Å². The molecule has 0 N–H and O–H groups in total. The molecule has 1 heterocycles. The number of rotatable bonds is 3. The maximum atomic E-state index is 12.4. The van der Waals surface area contributed by atoms with E-state index in [9.17, 15) is 9.59 Å². The number of aromatic nitrogens is 1. The Labute approximate surface area is 116 Å². The van der Waals surface area contributed by atoms with Crippen LogP contribution < -0.4 is 5.56 Å². The van der Waals surface area contributed by atoms with Crippen molar-refractivity contribution in [3.8, 4) is 12.3 Å². The molecular weight excluding hydrogens is 256 g/mol. The van der Waals surface area contributed by atoms with Crippen LogP contribution >= 0.6 is 0 Å². The highest BCUT2D eigenvalue weighted by Crippen LogP contribution is 2.13. The van der Waals surface area contributed by atoms with Crippen LogP contribution in [-0.4, -0.2) is 29.7 Å². The van der Waals surface area contributed by atoms with Crippen LogP contribution in [0.15, 0.2) is 35.1 Å². The minimum atomic E-state index is -0.425. The van der Waals surface area contributed by atoms with E-state index < -0.39 is 5.91 Å². The SMILES string of the molecule is C#CCn1c(C(=O)N(C)OC)cc2ccccc2c1=O. The number of hydrogen-bond acceptors (Lipinski definition) is 3. The zero-order valence-electron chi connectivity index (χ0n) is 11.3. The average Bonchev–Trinajstić information content (AvgIpc) is 2.48. The molecule has 1 amide bonds. The van der Waals surface area contributed by atoms with Crippen LogP contribution in [0.1, 0.15) is 10.5 Å². The number of fused-ring (bicyclic) bond motifs is 1. The summed E-state index contributed by atoms with van der Waals surface area (Å²) in [5.41, 5.74) is -0.0788. The van der Waals surface area contributed by atoms with Gasteiger partial charge in [0.1, 0.15) is 5.69 Å². The van der Waals surface area contributed by atoms with Crippen LogP contribution in [0.3, 0.4) is 0 Å². The molecule has 5 heteroatoms. The molecule has 0 spiro atoms. The zero-order valence-corrected chi connectivity index (χ0v) is 11.3. The van der Waals surface area contributed by atoms with Gasteiger partial charge in [0.2, 0.25) is 0 Å². The van der Waals surface area contributed by atoms with Gasteiger partial charge in [0.15, 0.2) is 0 Å². The number of hydrogen-bond donors (Lipinski definition) is 0. The Kier molecular flexibility index (Phi) is 3.87. The first-order chi connectivity index (χ1) is 9.60. The highest BCUT2D eigenvalue weighted by atomic mass is 16.7. The van der Waals surface area contributed by atoms with Crippen molar-refractivity contribution < 1.29 is 9.63 Å². The van der Waals surface area contributed by atoms with Crippen LogP contribution in [0.2, 0.25) is 0 Å². The first-order valence-electron chi connectivity index (χ1n) is 5.98. The quantitative estimate of drug-likeness (QED) is 0.623. The number of terminal acetylenes is 1. The first-order valence-corrected chi connectivity index (χ1v) is 5.98. The monoisotopic (exact) mass is 270 g/mol. The molecule has 0 saturated heterocycles. The predicted molar refractivity (Wildman–Crippen MR) is 76.1 cm³/mol. The Morgan fingerprint density at radius 3 is 2.80 bits per heavy atom. The van der Waals surface area contributed by atoms with Gasteiger partial charge in [-0.1, -0.05) is 24.1 Å². The molecule has 102 valence electrons. The van der Waals surface area contributed by atoms with Gasteiger partial charge in [0.25, 0.3) is 11.5 Å². The van der Waals surface area contributed by atoms with Gasteiger partial charge in [-0.05, 0) is 17.5 Å². The molecule has 0 aliphatic rings. The molecule has 0 aliphatic carbocycles. The number of carbonyl (C=O) groups is 1. The third kappa shape index (κ3) is 2.29. The van der Waals surface area contributed by atoms with Gasteiger partial charge in [0, 0.05) is 12.4 Å². The third-order valence-corrected chi connectivity index (χ3v) is 3.05. The average molecular weight is 270 g/mol. The molecule has 5 nitrogen and oxygen atoms in total. The molecule has 0 fully saturated rings. The van der Waals surface area contributed by atoms with Crippen LogP contribution in [0.5, 0.6) is 0 Å². The minimum absolute atomic E-state index is 0.0301. The lowest BCUT2D eigenvalue weighted by Gasteiger charge is -2.17. The second-order valence-corrected chi connectivity index (χ2v) is 4.20. The molecule has 0 atom stereocenters. The Balaban J connectivity index is 2.76. The first kappa shape index (κ1) is 13.8. The summed E-state index contributed by atoms with van der Waals surface area (Å²) in [6.45, 7) is 0.0301. The van der Waals surface area contributed by atoms with E-state index in [1.165, 1.54) is 18.7 Å². The van der Waals surface area contributed by atoms with E-state index in [0.717, 1.165) is 5.06 Å². The lowest BCUT2D eigenvalue weighted by atomic mass is 10.1. The summed E-state index contributed by atoms with van der Waals surface area (Å²) in [5, 5.41) is 2.27. The molecule has 2 aromatic rings. The number of pyridine rings is 1. The maximum absolute atomic E-state index is 12.4. The van der Waals surface area contributed by atoms with Gasteiger partial charge in [-0.25, -0.2) is 5.06 Å². The molecule has 0 aliphatic heterocycles. The fourth-order valence-corrected chi connectivity index (χ4v) is 1.97. The number of benzene rings is 1. The fraction of sp³-hybridized carbons (Fsp3) is 0.200. The second kappa shape index (κ2) is 5.59. The van der Waals surface area contributed by atoms with Gasteiger partial charge in [-0.3, -0.25) is 19.0 Å². The highest BCUT2D eigenvalue weighted by Gasteiger charge is 2.18. The van der Waals surface area contributed by atoms with E-state index in [0.29, 0.717) is 10.8 Å². The molecule has 0 saturated carbocycles. The summed E-state index contributed by atoms with van der Waals surface area (Å²) in [6.07, 6.45) is 5.29. The second-order valence-electron chi connectivity index (χ2n) is 4.20. The lowest BCUT2D eigenvalue weighted by Crippen LogP contribution is -2.33. The summed E-state index contributed by atoms with van der Waals surface area (Å²) >= 11 is 0. The summed E-state index contributed by atoms with van der Waals surface area (Å²) in [7, 11) is 2.85. The largest absolute Gasteiger partial charge is 0.293 e. The van der Waals surface area contributed by atoms with Crippen molar-refractivity contribution in [1.29, 1.82) is 0 Å². The van der Waals surface area contributed by atoms with E-state index >= 15 is 0 Å². The molecule has 20 heavy (non-hydrogen) atoms. The predicted octanol–water partition coefficient (Wildman–Crippen LogP) is 1.27. The molecule has 0 radical (unpaired) electrons. The molecular formula is C15H14N2O3. The number of amides is 1. The summed E-state index contributed by atoms with van der Waals surface area (Å²) < 4.78 is 1.28. The third-order valence-electron chi connectivity index (χ3n) is 3.05. The fourth-order valence-electron chi connectivity index (χ4n) is 1.97. The van der Waals surface area contributed by atoms with Crippen molar-refractivity contribution in [3.05, 3.63) is 46.4 Å². The maximum Gasteiger partial charge on any atom is 0.293 e. The van der Waals surface area contributed by atoms with E-state index in [2.05, 4.69) is 5.92 Å². The van der Waals surface area contributed by atoms with Gasteiger partial charge in [0.05, 0.1) is 13.7 Å². The number of carbonyl (C=O) groups excluding carboxylic acids is 1. The van der Waals surface area contributed by atoms with Gasteiger partial charge < -0.3 is 0 Å². The van der Waals surface area contributed by atoms with Gasteiger partial charge in [-0.15, -0.1) is 6.42 Å². The summed E-state index contributed by atoms with van der Waals surface area (Å²) in [4.78, 5) is 29.5.